The lowest BCUT2D eigenvalue weighted by Crippen LogP contribution is -2.51. The SMILES string of the molecule is CNC(=O)C(C)NC(C)C(=O)N1CCCCCC1. The van der Waals surface area contributed by atoms with Crippen LogP contribution in [0.25, 0.3) is 0 Å². The number of hydrogen-bond acceptors (Lipinski definition) is 3. The van der Waals surface area contributed by atoms with Crippen molar-refractivity contribution in [3.8, 4) is 0 Å². The zero-order valence-electron chi connectivity index (χ0n) is 11.7. The Morgan fingerprint density at radius 1 is 1.00 bits per heavy atom. The van der Waals surface area contributed by atoms with Crippen LogP contribution >= 0.6 is 0 Å². The van der Waals surface area contributed by atoms with Crippen LogP contribution in [-0.4, -0.2) is 48.9 Å². The summed E-state index contributed by atoms with van der Waals surface area (Å²) >= 11 is 0. The Kier molecular flexibility index (Phi) is 6.12. The lowest BCUT2D eigenvalue weighted by atomic mass is 10.2. The molecule has 2 N–H and O–H groups in total. The topological polar surface area (TPSA) is 61.4 Å². The van der Waals surface area contributed by atoms with Crippen molar-refractivity contribution in [2.75, 3.05) is 20.1 Å². The fourth-order valence-electron chi connectivity index (χ4n) is 2.30. The number of likely N-dealkylation sites (N-methyl/N-ethyl adjacent to an activating group) is 1. The summed E-state index contributed by atoms with van der Waals surface area (Å²) in [5.74, 6) is 0.0122. The Balaban J connectivity index is 2.46. The molecule has 0 saturated carbocycles. The molecule has 0 spiro atoms. The van der Waals surface area contributed by atoms with Gasteiger partial charge in [-0.05, 0) is 26.7 Å². The second kappa shape index (κ2) is 7.36. The van der Waals surface area contributed by atoms with E-state index in [1.807, 2.05) is 11.8 Å². The predicted molar refractivity (Wildman–Crippen MR) is 71.2 cm³/mol. The summed E-state index contributed by atoms with van der Waals surface area (Å²) in [5.41, 5.74) is 0. The first-order chi connectivity index (χ1) is 8.56. The van der Waals surface area contributed by atoms with Gasteiger partial charge in [0.1, 0.15) is 0 Å². The number of nitrogens with zero attached hydrogens (tertiary/aromatic N) is 1. The molecule has 0 aromatic heterocycles. The van der Waals surface area contributed by atoms with Crippen LogP contribution in [0.15, 0.2) is 0 Å². The van der Waals surface area contributed by atoms with E-state index in [1.165, 1.54) is 12.8 Å². The minimum absolute atomic E-state index is 0.0921. The molecule has 0 bridgehead atoms. The van der Waals surface area contributed by atoms with E-state index in [0.29, 0.717) is 0 Å². The summed E-state index contributed by atoms with van der Waals surface area (Å²) in [6.07, 6.45) is 4.59. The maximum absolute atomic E-state index is 12.2. The Morgan fingerprint density at radius 2 is 1.56 bits per heavy atom. The van der Waals surface area contributed by atoms with Crippen LogP contribution in [0.5, 0.6) is 0 Å². The van der Waals surface area contributed by atoms with Gasteiger partial charge < -0.3 is 10.2 Å². The summed E-state index contributed by atoms with van der Waals surface area (Å²) in [6.45, 7) is 5.29. The van der Waals surface area contributed by atoms with Gasteiger partial charge in [-0.3, -0.25) is 14.9 Å². The fraction of sp³-hybridized carbons (Fsp3) is 0.846. The molecule has 1 heterocycles. The summed E-state index contributed by atoms with van der Waals surface area (Å²) in [4.78, 5) is 25.5. The summed E-state index contributed by atoms with van der Waals surface area (Å²) < 4.78 is 0. The Morgan fingerprint density at radius 3 is 2.06 bits per heavy atom. The molecule has 1 aliphatic rings. The van der Waals surface area contributed by atoms with E-state index < -0.39 is 0 Å². The first-order valence-electron chi connectivity index (χ1n) is 6.82. The number of rotatable bonds is 4. The molecular weight excluding hydrogens is 230 g/mol. The summed E-state index contributed by atoms with van der Waals surface area (Å²) in [7, 11) is 1.60. The van der Waals surface area contributed by atoms with Crippen LogP contribution in [-0.2, 0) is 9.59 Å². The van der Waals surface area contributed by atoms with Gasteiger partial charge in [0.2, 0.25) is 11.8 Å². The van der Waals surface area contributed by atoms with Gasteiger partial charge in [0.25, 0.3) is 0 Å². The summed E-state index contributed by atoms with van der Waals surface area (Å²) in [5, 5.41) is 5.62. The van der Waals surface area contributed by atoms with Crippen molar-refractivity contribution in [2.45, 2.75) is 51.6 Å². The highest BCUT2D eigenvalue weighted by molar-refractivity contribution is 5.84. The number of hydrogen-bond donors (Lipinski definition) is 2. The Hall–Kier alpha value is -1.10. The molecule has 2 amide bonds. The molecule has 0 aliphatic carbocycles. The Bertz CT molecular complexity index is 286. The zero-order chi connectivity index (χ0) is 13.5. The van der Waals surface area contributed by atoms with Gasteiger partial charge in [-0.1, -0.05) is 12.8 Å². The molecule has 18 heavy (non-hydrogen) atoms. The first kappa shape index (κ1) is 15.0. The van der Waals surface area contributed by atoms with Crippen LogP contribution in [0.3, 0.4) is 0 Å². The van der Waals surface area contributed by atoms with Crippen molar-refractivity contribution in [2.24, 2.45) is 0 Å². The average molecular weight is 255 g/mol. The van der Waals surface area contributed by atoms with Gasteiger partial charge in [-0.25, -0.2) is 0 Å². The van der Waals surface area contributed by atoms with E-state index in [-0.39, 0.29) is 23.9 Å². The van der Waals surface area contributed by atoms with Gasteiger partial charge in [-0.15, -0.1) is 0 Å². The third-order valence-corrected chi connectivity index (χ3v) is 3.43. The van der Waals surface area contributed by atoms with Crippen molar-refractivity contribution < 1.29 is 9.59 Å². The molecule has 0 radical (unpaired) electrons. The van der Waals surface area contributed by atoms with E-state index in [9.17, 15) is 9.59 Å². The predicted octanol–water partition coefficient (Wildman–Crippen LogP) is 0.502. The minimum atomic E-state index is -0.346. The molecule has 0 aromatic rings. The van der Waals surface area contributed by atoms with E-state index in [1.54, 1.807) is 14.0 Å². The monoisotopic (exact) mass is 255 g/mol. The molecule has 2 unspecified atom stereocenters. The highest BCUT2D eigenvalue weighted by atomic mass is 16.2. The Labute approximate surface area is 109 Å². The van der Waals surface area contributed by atoms with E-state index >= 15 is 0 Å². The van der Waals surface area contributed by atoms with Crippen molar-refractivity contribution in [3.05, 3.63) is 0 Å². The number of carbonyl (C=O) groups is 2. The third kappa shape index (κ3) is 4.29. The molecule has 5 heteroatoms. The highest BCUT2D eigenvalue weighted by Gasteiger charge is 2.24. The van der Waals surface area contributed by atoms with Gasteiger partial charge in [0, 0.05) is 20.1 Å². The highest BCUT2D eigenvalue weighted by Crippen LogP contribution is 2.10. The number of nitrogens with one attached hydrogen (secondary N) is 2. The maximum Gasteiger partial charge on any atom is 0.239 e. The van der Waals surface area contributed by atoms with E-state index in [2.05, 4.69) is 10.6 Å². The normalized spacial score (nSPS) is 19.8. The van der Waals surface area contributed by atoms with E-state index in [4.69, 9.17) is 0 Å². The van der Waals surface area contributed by atoms with Crippen molar-refractivity contribution in [1.29, 1.82) is 0 Å². The van der Waals surface area contributed by atoms with Crippen LogP contribution in [0.1, 0.15) is 39.5 Å². The minimum Gasteiger partial charge on any atom is -0.358 e. The molecule has 1 rings (SSSR count). The zero-order valence-corrected chi connectivity index (χ0v) is 11.7. The second-order valence-corrected chi connectivity index (χ2v) is 4.96. The standard InChI is InChI=1S/C13H25N3O2/c1-10(12(17)14-3)15-11(2)13(18)16-8-6-4-5-7-9-16/h10-11,15H,4-9H2,1-3H3,(H,14,17). The largest absolute Gasteiger partial charge is 0.358 e. The molecule has 2 atom stereocenters. The number of likely N-dealkylation sites (tertiary alicyclic amines) is 1. The molecule has 1 fully saturated rings. The van der Waals surface area contributed by atoms with Crippen LogP contribution in [0.2, 0.25) is 0 Å². The van der Waals surface area contributed by atoms with Gasteiger partial charge in [0.05, 0.1) is 12.1 Å². The third-order valence-electron chi connectivity index (χ3n) is 3.43. The fourth-order valence-corrected chi connectivity index (χ4v) is 2.30. The van der Waals surface area contributed by atoms with Crippen molar-refractivity contribution >= 4 is 11.8 Å². The van der Waals surface area contributed by atoms with Crippen LogP contribution in [0.4, 0.5) is 0 Å². The van der Waals surface area contributed by atoms with Gasteiger partial charge in [0.15, 0.2) is 0 Å². The van der Waals surface area contributed by atoms with Crippen molar-refractivity contribution in [3.63, 3.8) is 0 Å². The number of carbonyl (C=O) groups excluding carboxylic acids is 2. The molecule has 104 valence electrons. The van der Waals surface area contributed by atoms with Gasteiger partial charge >= 0.3 is 0 Å². The quantitative estimate of drug-likeness (QED) is 0.769. The molecule has 1 aliphatic heterocycles. The second-order valence-electron chi connectivity index (χ2n) is 4.96. The van der Waals surface area contributed by atoms with Crippen LogP contribution in [0, 0.1) is 0 Å². The molecule has 0 aromatic carbocycles. The van der Waals surface area contributed by atoms with Crippen molar-refractivity contribution in [1.82, 2.24) is 15.5 Å². The first-order valence-corrected chi connectivity index (χ1v) is 6.82. The van der Waals surface area contributed by atoms with E-state index in [0.717, 1.165) is 25.9 Å². The maximum atomic E-state index is 12.2. The molecule has 1 saturated heterocycles. The molecular formula is C13H25N3O2. The smallest absolute Gasteiger partial charge is 0.239 e. The summed E-state index contributed by atoms with van der Waals surface area (Å²) in [6, 6.07) is -0.656. The van der Waals surface area contributed by atoms with Gasteiger partial charge in [-0.2, -0.15) is 0 Å². The lowest BCUT2D eigenvalue weighted by Gasteiger charge is -2.26. The molecule has 5 nitrogen and oxygen atoms in total. The number of amides is 2. The van der Waals surface area contributed by atoms with Crippen LogP contribution < -0.4 is 10.6 Å². The average Bonchev–Trinajstić information content (AvgIpc) is 2.65. The lowest BCUT2D eigenvalue weighted by molar-refractivity contribution is -0.133.